The van der Waals surface area contributed by atoms with Crippen molar-refractivity contribution in [1.82, 2.24) is 9.61 Å². The van der Waals surface area contributed by atoms with Gasteiger partial charge in [-0.05, 0) is 98.0 Å². The van der Waals surface area contributed by atoms with Gasteiger partial charge in [0.15, 0.2) is 0 Å². The average Bonchev–Trinajstić information content (AvgIpc) is 3.92. The Balaban J connectivity index is 1.05. The monoisotopic (exact) mass is 850 g/mol. The number of anilines is 4. The number of rotatable bonds is 6. The molecule has 1 aliphatic heterocycles. The highest BCUT2D eigenvalue weighted by Gasteiger charge is 2.46. The SMILES string of the molecule is CC(C)(C)c1cc(Oc2ccc3c4cccc5c4c4c(cnn4c3c2)C(C)(C)C5(C)C)cc(N2CN(c3c(-c4ccccc4)cc(C(C)(C)C)cc3-c3ccccc3)c3ccccc32)c1. The van der Waals surface area contributed by atoms with Crippen molar-refractivity contribution >= 4 is 49.9 Å². The summed E-state index contributed by atoms with van der Waals surface area (Å²) in [4.78, 5) is 4.98. The summed E-state index contributed by atoms with van der Waals surface area (Å²) in [5.74, 6) is 1.58. The third-order valence-electron chi connectivity index (χ3n) is 14.9. The third kappa shape index (κ3) is 6.37. The molecule has 0 unspecified atom stereocenters. The Morgan fingerprint density at radius 1 is 0.523 bits per heavy atom. The highest BCUT2D eigenvalue weighted by molar-refractivity contribution is 6.16. The maximum Gasteiger partial charge on any atom is 0.129 e. The largest absolute Gasteiger partial charge is 0.457 e. The van der Waals surface area contributed by atoms with E-state index in [0.717, 1.165) is 28.4 Å². The molecule has 0 fully saturated rings. The van der Waals surface area contributed by atoms with Crippen LogP contribution >= 0.6 is 0 Å². The number of aromatic nitrogens is 2. The first-order chi connectivity index (χ1) is 31.0. The summed E-state index contributed by atoms with van der Waals surface area (Å²) in [6, 6.07) is 55.6. The first-order valence-electron chi connectivity index (χ1n) is 23.1. The topological polar surface area (TPSA) is 33.0 Å². The molecule has 11 rings (SSSR count). The standard InChI is InChI=1S/C60H58N4O/c1-57(2,3)40-30-42(34-44(31-40)65-43-28-29-45-46-24-19-25-49-54(46)56-50(60(9,10)59(49,7)8)36-61-64(56)53(45)35-43)62-37-63(52-27-18-17-26-51(52)62)55-47(38-20-13-11-14-21-38)32-41(58(4,5)6)33-48(55)39-22-15-12-16-23-39/h11-36H,37H2,1-10H3. The lowest BCUT2D eigenvalue weighted by atomic mass is 9.58. The van der Waals surface area contributed by atoms with Crippen molar-refractivity contribution in [2.24, 2.45) is 0 Å². The number of fused-ring (bicyclic) bond motifs is 4. The van der Waals surface area contributed by atoms with Crippen LogP contribution in [0.4, 0.5) is 22.7 Å². The molecule has 324 valence electrons. The molecular formula is C60H58N4O. The number of hydrogen-bond donors (Lipinski definition) is 0. The molecule has 0 atom stereocenters. The van der Waals surface area contributed by atoms with Gasteiger partial charge in [0.2, 0.25) is 0 Å². The molecule has 7 aromatic carbocycles. The summed E-state index contributed by atoms with van der Waals surface area (Å²) in [6.07, 6.45) is 2.10. The average molecular weight is 851 g/mol. The molecule has 2 aliphatic rings. The van der Waals surface area contributed by atoms with Crippen LogP contribution in [-0.2, 0) is 21.7 Å². The third-order valence-corrected chi connectivity index (χ3v) is 14.9. The molecule has 0 N–H and O–H groups in total. The first-order valence-corrected chi connectivity index (χ1v) is 23.1. The van der Waals surface area contributed by atoms with E-state index in [2.05, 4.69) is 241 Å². The van der Waals surface area contributed by atoms with Crippen molar-refractivity contribution in [3.63, 3.8) is 0 Å². The molecule has 0 saturated carbocycles. The Morgan fingerprint density at radius 3 is 1.74 bits per heavy atom. The van der Waals surface area contributed by atoms with Crippen LogP contribution in [0.3, 0.4) is 0 Å². The zero-order valence-corrected chi connectivity index (χ0v) is 39.4. The van der Waals surface area contributed by atoms with Gasteiger partial charge in [0.05, 0.1) is 34.3 Å². The second kappa shape index (κ2) is 14.3. The molecule has 0 amide bonds. The number of nitrogens with zero attached hydrogens (tertiary/aromatic N) is 4. The van der Waals surface area contributed by atoms with E-state index in [1.807, 2.05) is 0 Å². The van der Waals surface area contributed by atoms with Crippen LogP contribution in [0.15, 0.2) is 158 Å². The quantitative estimate of drug-likeness (QED) is 0.156. The minimum atomic E-state index is -0.136. The van der Waals surface area contributed by atoms with Gasteiger partial charge in [0.25, 0.3) is 0 Å². The predicted molar refractivity (Wildman–Crippen MR) is 273 cm³/mol. The zero-order valence-electron chi connectivity index (χ0n) is 39.4. The van der Waals surface area contributed by atoms with Crippen molar-refractivity contribution < 1.29 is 4.74 Å². The molecule has 1 aliphatic carbocycles. The second-order valence-electron chi connectivity index (χ2n) is 21.4. The summed E-state index contributed by atoms with van der Waals surface area (Å²) >= 11 is 0. The van der Waals surface area contributed by atoms with Gasteiger partial charge in [-0.1, -0.05) is 160 Å². The molecule has 3 heterocycles. The van der Waals surface area contributed by atoms with Crippen molar-refractivity contribution in [1.29, 1.82) is 0 Å². The molecule has 0 saturated heterocycles. The van der Waals surface area contributed by atoms with E-state index in [1.165, 1.54) is 77.6 Å². The maximum absolute atomic E-state index is 7.02. The number of pyridine rings is 1. The van der Waals surface area contributed by atoms with E-state index < -0.39 is 0 Å². The van der Waals surface area contributed by atoms with Crippen molar-refractivity contribution in [2.75, 3.05) is 16.5 Å². The van der Waals surface area contributed by atoms with E-state index in [4.69, 9.17) is 9.84 Å². The number of para-hydroxylation sites is 2. The van der Waals surface area contributed by atoms with Gasteiger partial charge in [0.1, 0.15) is 18.2 Å². The first kappa shape index (κ1) is 40.9. The van der Waals surface area contributed by atoms with Crippen LogP contribution in [0.1, 0.15) is 91.5 Å². The summed E-state index contributed by atoms with van der Waals surface area (Å²) in [7, 11) is 0. The molecule has 0 bridgehead atoms. The molecule has 2 aromatic heterocycles. The number of ether oxygens (including phenoxy) is 1. The molecule has 9 aromatic rings. The van der Waals surface area contributed by atoms with E-state index in [1.54, 1.807) is 0 Å². The minimum Gasteiger partial charge on any atom is -0.457 e. The predicted octanol–water partition coefficient (Wildman–Crippen LogP) is 16.2. The van der Waals surface area contributed by atoms with Crippen molar-refractivity contribution in [2.45, 2.75) is 90.9 Å². The molecular weight excluding hydrogens is 793 g/mol. The van der Waals surface area contributed by atoms with E-state index in [0.29, 0.717) is 6.67 Å². The molecule has 5 nitrogen and oxygen atoms in total. The smallest absolute Gasteiger partial charge is 0.129 e. The summed E-state index contributed by atoms with van der Waals surface area (Å²) < 4.78 is 9.18. The van der Waals surface area contributed by atoms with Crippen LogP contribution in [0, 0.1) is 0 Å². The Labute approximate surface area is 383 Å². The van der Waals surface area contributed by atoms with Crippen LogP contribution in [0.2, 0.25) is 0 Å². The lowest BCUT2D eigenvalue weighted by Gasteiger charge is -2.45. The number of benzene rings is 7. The van der Waals surface area contributed by atoms with Crippen LogP contribution in [0.5, 0.6) is 11.5 Å². The zero-order chi connectivity index (χ0) is 45.2. The fourth-order valence-electron chi connectivity index (χ4n) is 10.5. The highest BCUT2D eigenvalue weighted by atomic mass is 16.5. The van der Waals surface area contributed by atoms with Crippen LogP contribution < -0.4 is 14.5 Å². The Kier molecular flexibility index (Phi) is 9.01. The fraction of sp³-hybridized carbons (Fsp3) is 0.250. The molecule has 0 radical (unpaired) electrons. The lowest BCUT2D eigenvalue weighted by molar-refractivity contribution is 0.304. The Morgan fingerprint density at radius 2 is 1.11 bits per heavy atom. The summed E-state index contributed by atoms with van der Waals surface area (Å²) in [5.41, 5.74) is 16.5. The van der Waals surface area contributed by atoms with E-state index in [9.17, 15) is 0 Å². The second-order valence-corrected chi connectivity index (χ2v) is 21.4. The van der Waals surface area contributed by atoms with Crippen molar-refractivity contribution in [3.05, 3.63) is 180 Å². The maximum atomic E-state index is 7.02. The normalized spacial score (nSPS) is 15.4. The van der Waals surface area contributed by atoms with Crippen LogP contribution in [0.25, 0.3) is 49.4 Å². The molecule has 5 heteroatoms. The van der Waals surface area contributed by atoms with Crippen LogP contribution in [-0.4, -0.2) is 16.3 Å². The van der Waals surface area contributed by atoms with E-state index >= 15 is 0 Å². The fourth-order valence-corrected chi connectivity index (χ4v) is 10.5. The Hall–Kier alpha value is -6.85. The van der Waals surface area contributed by atoms with Gasteiger partial charge in [-0.15, -0.1) is 0 Å². The van der Waals surface area contributed by atoms with E-state index in [-0.39, 0.29) is 21.7 Å². The van der Waals surface area contributed by atoms with Gasteiger partial charge in [-0.2, -0.15) is 5.10 Å². The summed E-state index contributed by atoms with van der Waals surface area (Å²) in [5, 5.41) is 8.83. The van der Waals surface area contributed by atoms with Gasteiger partial charge in [-0.3, -0.25) is 0 Å². The number of hydrogen-bond acceptors (Lipinski definition) is 4. The van der Waals surface area contributed by atoms with Gasteiger partial charge in [-0.25, -0.2) is 4.52 Å². The highest BCUT2D eigenvalue weighted by Crippen LogP contribution is 2.55. The van der Waals surface area contributed by atoms with Gasteiger partial charge in [0, 0.05) is 50.7 Å². The minimum absolute atomic E-state index is 0.0533. The van der Waals surface area contributed by atoms with Gasteiger partial charge >= 0.3 is 0 Å². The molecule has 65 heavy (non-hydrogen) atoms. The van der Waals surface area contributed by atoms with Gasteiger partial charge < -0.3 is 14.5 Å². The van der Waals surface area contributed by atoms with Crippen molar-refractivity contribution in [3.8, 4) is 33.8 Å². The summed E-state index contributed by atoms with van der Waals surface area (Å²) in [6.45, 7) is 23.9. The molecule has 0 spiro atoms. The Bertz CT molecular complexity index is 3280. The lowest BCUT2D eigenvalue weighted by Crippen LogP contribution is -2.42.